The van der Waals surface area contributed by atoms with Gasteiger partial charge in [0.05, 0.1) is 18.3 Å². The van der Waals surface area contributed by atoms with Crippen molar-refractivity contribution < 1.29 is 14.2 Å². The molecule has 2 aromatic carbocycles. The standard InChI is InChI=1S/C22H29NO3/c1-3-18-10-12-19(13-11-18)26-17(2)15-23-21-8-4-5-9-22(21)25-16-20-7-6-14-24-20/h4-5,8-13,17,20,23H,3,6-7,14-16H2,1-2H3. The molecule has 2 aromatic rings. The molecule has 0 amide bonds. The second kappa shape index (κ2) is 9.48. The summed E-state index contributed by atoms with van der Waals surface area (Å²) in [4.78, 5) is 0. The SMILES string of the molecule is CCc1ccc(OC(C)CNc2ccccc2OCC2CCCO2)cc1. The van der Waals surface area contributed by atoms with Gasteiger partial charge >= 0.3 is 0 Å². The molecule has 0 spiro atoms. The Kier molecular flexibility index (Phi) is 6.78. The number of nitrogens with one attached hydrogen (secondary N) is 1. The van der Waals surface area contributed by atoms with Crippen molar-refractivity contribution >= 4 is 5.69 Å². The van der Waals surface area contributed by atoms with Crippen molar-refractivity contribution in [3.8, 4) is 11.5 Å². The number of hydrogen-bond acceptors (Lipinski definition) is 4. The predicted octanol–water partition coefficient (Wildman–Crippen LogP) is 4.69. The first kappa shape index (κ1) is 18.6. The zero-order valence-corrected chi connectivity index (χ0v) is 15.7. The van der Waals surface area contributed by atoms with Gasteiger partial charge in [0.25, 0.3) is 0 Å². The van der Waals surface area contributed by atoms with Crippen LogP contribution < -0.4 is 14.8 Å². The van der Waals surface area contributed by atoms with Gasteiger partial charge in [-0.2, -0.15) is 0 Å². The fraction of sp³-hybridized carbons (Fsp3) is 0.455. The highest BCUT2D eigenvalue weighted by atomic mass is 16.5. The molecule has 1 saturated heterocycles. The predicted molar refractivity (Wildman–Crippen MR) is 105 cm³/mol. The van der Waals surface area contributed by atoms with Crippen LogP contribution in [0.1, 0.15) is 32.3 Å². The van der Waals surface area contributed by atoms with Gasteiger partial charge in [0.15, 0.2) is 0 Å². The Morgan fingerprint density at radius 1 is 1.15 bits per heavy atom. The number of benzene rings is 2. The third-order valence-corrected chi connectivity index (χ3v) is 4.58. The van der Waals surface area contributed by atoms with Crippen molar-refractivity contribution in [2.75, 3.05) is 25.1 Å². The second-order valence-electron chi connectivity index (χ2n) is 6.75. The highest BCUT2D eigenvalue weighted by molar-refractivity contribution is 5.56. The van der Waals surface area contributed by atoms with Gasteiger partial charge in [-0.15, -0.1) is 0 Å². The zero-order valence-electron chi connectivity index (χ0n) is 15.7. The summed E-state index contributed by atoms with van der Waals surface area (Å²) in [6, 6.07) is 16.3. The maximum Gasteiger partial charge on any atom is 0.142 e. The van der Waals surface area contributed by atoms with Crippen LogP contribution in [0.25, 0.3) is 0 Å². The van der Waals surface area contributed by atoms with Gasteiger partial charge in [0, 0.05) is 6.61 Å². The van der Waals surface area contributed by atoms with Gasteiger partial charge in [-0.3, -0.25) is 0 Å². The maximum absolute atomic E-state index is 5.99. The van der Waals surface area contributed by atoms with Crippen LogP contribution in [0, 0.1) is 0 Å². The quantitative estimate of drug-likeness (QED) is 0.708. The van der Waals surface area contributed by atoms with E-state index < -0.39 is 0 Å². The first-order chi connectivity index (χ1) is 12.7. The third-order valence-electron chi connectivity index (χ3n) is 4.58. The van der Waals surface area contributed by atoms with Gasteiger partial charge in [-0.1, -0.05) is 31.2 Å². The van der Waals surface area contributed by atoms with Gasteiger partial charge in [-0.05, 0) is 56.0 Å². The van der Waals surface area contributed by atoms with Gasteiger partial charge in [0.2, 0.25) is 0 Å². The van der Waals surface area contributed by atoms with Crippen LogP contribution in [-0.4, -0.2) is 32.0 Å². The largest absolute Gasteiger partial charge is 0.489 e. The number of anilines is 1. The van der Waals surface area contributed by atoms with E-state index >= 15 is 0 Å². The summed E-state index contributed by atoms with van der Waals surface area (Å²) in [5.41, 5.74) is 2.31. The number of ether oxygens (including phenoxy) is 3. The molecule has 26 heavy (non-hydrogen) atoms. The van der Waals surface area contributed by atoms with Gasteiger partial charge in [0.1, 0.15) is 24.2 Å². The van der Waals surface area contributed by atoms with Crippen LogP contribution >= 0.6 is 0 Å². The van der Waals surface area contributed by atoms with Crippen LogP contribution in [0.15, 0.2) is 48.5 Å². The molecule has 0 bridgehead atoms. The van der Waals surface area contributed by atoms with E-state index in [2.05, 4.69) is 31.3 Å². The van der Waals surface area contributed by atoms with Gasteiger partial charge < -0.3 is 19.5 Å². The Hall–Kier alpha value is -2.20. The molecule has 0 saturated carbocycles. The molecule has 2 atom stereocenters. The fourth-order valence-electron chi connectivity index (χ4n) is 3.03. The number of rotatable bonds is 9. The topological polar surface area (TPSA) is 39.7 Å². The fourth-order valence-corrected chi connectivity index (χ4v) is 3.03. The zero-order chi connectivity index (χ0) is 18.2. The molecule has 1 fully saturated rings. The smallest absolute Gasteiger partial charge is 0.142 e. The molecule has 1 N–H and O–H groups in total. The van der Waals surface area contributed by atoms with Crippen molar-refractivity contribution in [2.45, 2.75) is 45.3 Å². The molecular formula is C22H29NO3. The van der Waals surface area contributed by atoms with E-state index in [1.54, 1.807) is 0 Å². The van der Waals surface area contributed by atoms with Crippen molar-refractivity contribution in [3.63, 3.8) is 0 Å². The molecule has 3 rings (SSSR count). The van der Waals surface area contributed by atoms with E-state index in [9.17, 15) is 0 Å². The molecule has 1 aliphatic rings. The summed E-state index contributed by atoms with van der Waals surface area (Å²) in [5, 5.41) is 3.44. The Labute approximate surface area is 156 Å². The average Bonchev–Trinajstić information content (AvgIpc) is 3.19. The minimum atomic E-state index is 0.0497. The minimum absolute atomic E-state index is 0.0497. The number of hydrogen-bond donors (Lipinski definition) is 1. The normalized spacial score (nSPS) is 17.7. The summed E-state index contributed by atoms with van der Waals surface area (Å²) < 4.78 is 17.6. The highest BCUT2D eigenvalue weighted by Crippen LogP contribution is 2.25. The van der Waals surface area contributed by atoms with Crippen LogP contribution in [0.3, 0.4) is 0 Å². The monoisotopic (exact) mass is 355 g/mol. The lowest BCUT2D eigenvalue weighted by molar-refractivity contribution is 0.0682. The summed E-state index contributed by atoms with van der Waals surface area (Å²) in [6.45, 7) is 6.38. The van der Waals surface area contributed by atoms with E-state index in [0.717, 1.165) is 43.1 Å². The van der Waals surface area contributed by atoms with Crippen molar-refractivity contribution in [1.82, 2.24) is 0 Å². The molecule has 1 heterocycles. The van der Waals surface area contributed by atoms with Crippen LogP contribution in [-0.2, 0) is 11.2 Å². The summed E-state index contributed by atoms with van der Waals surface area (Å²) in [6.07, 6.45) is 3.52. The lowest BCUT2D eigenvalue weighted by Gasteiger charge is -2.19. The summed E-state index contributed by atoms with van der Waals surface area (Å²) in [7, 11) is 0. The van der Waals surface area contributed by atoms with E-state index in [1.807, 2.05) is 36.4 Å². The van der Waals surface area contributed by atoms with E-state index in [-0.39, 0.29) is 12.2 Å². The molecule has 4 heteroatoms. The molecule has 0 radical (unpaired) electrons. The Morgan fingerprint density at radius 2 is 1.96 bits per heavy atom. The van der Waals surface area contributed by atoms with Crippen molar-refractivity contribution in [1.29, 1.82) is 0 Å². The van der Waals surface area contributed by atoms with Crippen LogP contribution in [0.2, 0.25) is 0 Å². The molecular weight excluding hydrogens is 326 g/mol. The molecule has 4 nitrogen and oxygen atoms in total. The lowest BCUT2D eigenvalue weighted by atomic mass is 10.2. The van der Waals surface area contributed by atoms with E-state index in [1.165, 1.54) is 5.56 Å². The first-order valence-electron chi connectivity index (χ1n) is 9.57. The third kappa shape index (κ3) is 5.40. The highest BCUT2D eigenvalue weighted by Gasteiger charge is 2.16. The molecule has 140 valence electrons. The molecule has 2 unspecified atom stereocenters. The Morgan fingerprint density at radius 3 is 2.69 bits per heavy atom. The second-order valence-corrected chi connectivity index (χ2v) is 6.75. The van der Waals surface area contributed by atoms with E-state index in [0.29, 0.717) is 13.2 Å². The lowest BCUT2D eigenvalue weighted by Crippen LogP contribution is -2.23. The van der Waals surface area contributed by atoms with Crippen molar-refractivity contribution in [3.05, 3.63) is 54.1 Å². The van der Waals surface area contributed by atoms with Crippen LogP contribution in [0.5, 0.6) is 11.5 Å². The summed E-state index contributed by atoms with van der Waals surface area (Å²) >= 11 is 0. The number of para-hydroxylation sites is 2. The molecule has 1 aliphatic heterocycles. The van der Waals surface area contributed by atoms with Gasteiger partial charge in [-0.25, -0.2) is 0 Å². The molecule has 0 aromatic heterocycles. The van der Waals surface area contributed by atoms with Crippen molar-refractivity contribution in [2.24, 2.45) is 0 Å². The Bertz CT molecular complexity index is 665. The average molecular weight is 355 g/mol. The van der Waals surface area contributed by atoms with E-state index in [4.69, 9.17) is 14.2 Å². The van der Waals surface area contributed by atoms with Crippen LogP contribution in [0.4, 0.5) is 5.69 Å². The molecule has 0 aliphatic carbocycles. The maximum atomic E-state index is 5.99. The number of aryl methyl sites for hydroxylation is 1. The minimum Gasteiger partial charge on any atom is -0.489 e. The first-order valence-corrected chi connectivity index (χ1v) is 9.57. The Balaban J connectivity index is 1.49. The summed E-state index contributed by atoms with van der Waals surface area (Å²) in [5.74, 6) is 1.77.